The zero-order chi connectivity index (χ0) is 23.3. The lowest BCUT2D eigenvalue weighted by Crippen LogP contribution is -2.19. The molecule has 0 bridgehead atoms. The molecule has 7 heteroatoms. The number of hydrogen-bond donors (Lipinski definition) is 1. The largest absolute Gasteiger partial charge is 0.493 e. The number of benzene rings is 3. The minimum atomic E-state index is -0.510. The van der Waals surface area contributed by atoms with E-state index in [1.807, 2.05) is 49.4 Å². The maximum atomic E-state index is 6.57. The number of fused-ring (bicyclic) bond motifs is 4. The van der Waals surface area contributed by atoms with E-state index in [4.69, 9.17) is 14.5 Å². The van der Waals surface area contributed by atoms with Crippen molar-refractivity contribution in [2.24, 2.45) is 0 Å². The van der Waals surface area contributed by atoms with Crippen molar-refractivity contribution in [1.82, 2.24) is 15.2 Å². The Morgan fingerprint density at radius 3 is 2.71 bits per heavy atom. The Labute approximate surface area is 204 Å². The smallest absolute Gasteiger partial charge is 0.247 e. The van der Waals surface area contributed by atoms with E-state index in [0.29, 0.717) is 23.3 Å². The summed E-state index contributed by atoms with van der Waals surface area (Å²) >= 11 is 1.62. The lowest BCUT2D eigenvalue weighted by Gasteiger charge is -2.23. The van der Waals surface area contributed by atoms with Gasteiger partial charge in [-0.3, -0.25) is 0 Å². The molecule has 34 heavy (non-hydrogen) atoms. The Balaban J connectivity index is 1.60. The van der Waals surface area contributed by atoms with Crippen LogP contribution < -0.4 is 14.8 Å². The van der Waals surface area contributed by atoms with Crippen LogP contribution in [-0.4, -0.2) is 27.5 Å². The van der Waals surface area contributed by atoms with Crippen molar-refractivity contribution in [3.05, 3.63) is 66.2 Å². The summed E-state index contributed by atoms with van der Waals surface area (Å²) in [6.07, 6.45) is 3.00. The molecule has 1 aromatic heterocycles. The van der Waals surface area contributed by atoms with Crippen LogP contribution in [0.4, 0.5) is 5.69 Å². The SMILES string of the molecule is CCCCCSc1nnc2c(n1)O[C@H](c1c(OCC)ccc3ccccc13)Nc1ccccc1-2. The van der Waals surface area contributed by atoms with E-state index in [-0.39, 0.29) is 0 Å². The number of unbranched alkanes of at least 4 members (excludes halogenated alkanes) is 2. The Hall–Kier alpha value is -3.32. The van der Waals surface area contributed by atoms with Crippen LogP contribution in [0.1, 0.15) is 44.9 Å². The van der Waals surface area contributed by atoms with Crippen molar-refractivity contribution < 1.29 is 9.47 Å². The molecular formula is C27H28N4O2S. The maximum Gasteiger partial charge on any atom is 0.247 e. The minimum absolute atomic E-state index is 0.478. The van der Waals surface area contributed by atoms with Crippen LogP contribution in [0.3, 0.4) is 0 Å². The van der Waals surface area contributed by atoms with Gasteiger partial charge in [-0.05, 0) is 36.2 Å². The molecule has 0 saturated carbocycles. The van der Waals surface area contributed by atoms with E-state index in [9.17, 15) is 0 Å². The molecule has 0 aliphatic carbocycles. The van der Waals surface area contributed by atoms with Crippen molar-refractivity contribution in [3.8, 4) is 22.9 Å². The number of para-hydroxylation sites is 1. The fourth-order valence-corrected chi connectivity index (χ4v) is 4.96. The van der Waals surface area contributed by atoms with Gasteiger partial charge in [-0.2, -0.15) is 4.98 Å². The number of anilines is 1. The Bertz CT molecular complexity index is 1300. The summed E-state index contributed by atoms with van der Waals surface area (Å²) in [6.45, 7) is 4.75. The van der Waals surface area contributed by atoms with E-state index in [1.165, 1.54) is 12.8 Å². The minimum Gasteiger partial charge on any atom is -0.493 e. The third-order valence-electron chi connectivity index (χ3n) is 5.81. The molecule has 2 heterocycles. The highest BCUT2D eigenvalue weighted by molar-refractivity contribution is 7.99. The van der Waals surface area contributed by atoms with E-state index in [2.05, 4.69) is 40.6 Å². The van der Waals surface area contributed by atoms with Crippen molar-refractivity contribution in [1.29, 1.82) is 0 Å². The Kier molecular flexibility index (Phi) is 6.81. The van der Waals surface area contributed by atoms with Gasteiger partial charge in [-0.25, -0.2) is 0 Å². The van der Waals surface area contributed by atoms with Crippen molar-refractivity contribution in [2.45, 2.75) is 44.5 Å². The normalized spacial score (nSPS) is 14.5. The highest BCUT2D eigenvalue weighted by Crippen LogP contribution is 2.43. The first-order chi connectivity index (χ1) is 16.8. The molecule has 0 unspecified atom stereocenters. The zero-order valence-electron chi connectivity index (χ0n) is 19.5. The van der Waals surface area contributed by atoms with Gasteiger partial charge in [-0.15, -0.1) is 10.2 Å². The van der Waals surface area contributed by atoms with Crippen molar-refractivity contribution >= 4 is 28.2 Å². The maximum absolute atomic E-state index is 6.57. The number of nitrogens with zero attached hydrogens (tertiary/aromatic N) is 3. The van der Waals surface area contributed by atoms with Gasteiger partial charge in [-0.1, -0.05) is 80.1 Å². The summed E-state index contributed by atoms with van der Waals surface area (Å²) in [5, 5.41) is 15.3. The fraction of sp³-hybridized carbons (Fsp3) is 0.296. The van der Waals surface area contributed by atoms with Crippen LogP contribution >= 0.6 is 11.8 Å². The molecule has 0 spiro atoms. The summed E-state index contributed by atoms with van der Waals surface area (Å²) in [4.78, 5) is 4.79. The molecule has 6 nitrogen and oxygen atoms in total. The molecule has 3 aromatic carbocycles. The quantitative estimate of drug-likeness (QED) is 0.221. The second-order valence-corrected chi connectivity index (χ2v) is 9.19. The van der Waals surface area contributed by atoms with Gasteiger partial charge in [0.1, 0.15) is 5.75 Å². The standard InChI is InChI=1S/C27H28N4O2S/c1-3-5-10-17-34-27-29-26-24(30-31-27)20-13-8-9-14-21(20)28-25(33-26)23-19-12-7-6-11-18(19)15-16-22(23)32-4-2/h6-9,11-16,25,28H,3-5,10,17H2,1-2H3/t25-/m1/s1. The van der Waals surface area contributed by atoms with Gasteiger partial charge < -0.3 is 14.8 Å². The van der Waals surface area contributed by atoms with E-state index < -0.39 is 6.23 Å². The molecule has 0 amide bonds. The summed E-state index contributed by atoms with van der Waals surface area (Å²) < 4.78 is 12.6. The first-order valence-corrected chi connectivity index (χ1v) is 12.8. The predicted molar refractivity (Wildman–Crippen MR) is 138 cm³/mol. The average Bonchev–Trinajstić information content (AvgIpc) is 3.03. The van der Waals surface area contributed by atoms with Gasteiger partial charge >= 0.3 is 0 Å². The van der Waals surface area contributed by atoms with Crippen LogP contribution in [0.5, 0.6) is 11.6 Å². The molecule has 1 N–H and O–H groups in total. The van der Waals surface area contributed by atoms with Gasteiger partial charge in [0, 0.05) is 17.0 Å². The molecule has 0 fully saturated rings. The molecule has 0 radical (unpaired) electrons. The van der Waals surface area contributed by atoms with Crippen LogP contribution in [-0.2, 0) is 0 Å². The van der Waals surface area contributed by atoms with E-state index >= 15 is 0 Å². The average molecular weight is 473 g/mol. The third kappa shape index (κ3) is 4.53. The first-order valence-electron chi connectivity index (χ1n) is 11.8. The third-order valence-corrected chi connectivity index (χ3v) is 6.73. The summed E-state index contributed by atoms with van der Waals surface area (Å²) in [6, 6.07) is 20.4. The predicted octanol–water partition coefficient (Wildman–Crippen LogP) is 6.88. The summed E-state index contributed by atoms with van der Waals surface area (Å²) in [5.74, 6) is 2.23. The lowest BCUT2D eigenvalue weighted by atomic mass is 10.0. The topological polar surface area (TPSA) is 69.2 Å². The summed E-state index contributed by atoms with van der Waals surface area (Å²) in [7, 11) is 0. The molecule has 5 rings (SSSR count). The molecule has 174 valence electrons. The van der Waals surface area contributed by atoms with Crippen molar-refractivity contribution in [3.63, 3.8) is 0 Å². The Morgan fingerprint density at radius 1 is 0.971 bits per heavy atom. The molecule has 1 aliphatic heterocycles. The molecule has 1 atom stereocenters. The molecule has 1 aliphatic rings. The number of nitrogens with one attached hydrogen (secondary N) is 1. The number of ether oxygens (including phenoxy) is 2. The van der Waals surface area contributed by atoms with Gasteiger partial charge in [0.2, 0.25) is 17.3 Å². The molecule has 4 aromatic rings. The number of hydrogen-bond acceptors (Lipinski definition) is 7. The zero-order valence-corrected chi connectivity index (χ0v) is 20.3. The van der Waals surface area contributed by atoms with Gasteiger partial charge in [0.05, 0.1) is 12.2 Å². The van der Waals surface area contributed by atoms with E-state index in [0.717, 1.165) is 45.5 Å². The number of rotatable bonds is 8. The second kappa shape index (κ2) is 10.3. The summed E-state index contributed by atoms with van der Waals surface area (Å²) in [5.41, 5.74) is 3.42. The van der Waals surface area contributed by atoms with Gasteiger partial charge in [0.15, 0.2) is 5.69 Å². The molecule has 0 saturated heterocycles. The fourth-order valence-electron chi connectivity index (χ4n) is 4.18. The van der Waals surface area contributed by atoms with E-state index in [1.54, 1.807) is 11.8 Å². The monoisotopic (exact) mass is 472 g/mol. The highest BCUT2D eigenvalue weighted by atomic mass is 32.2. The number of thioether (sulfide) groups is 1. The second-order valence-electron chi connectivity index (χ2n) is 8.12. The van der Waals surface area contributed by atoms with Crippen LogP contribution in [0, 0.1) is 0 Å². The first kappa shape index (κ1) is 22.5. The van der Waals surface area contributed by atoms with Crippen LogP contribution in [0.2, 0.25) is 0 Å². The van der Waals surface area contributed by atoms with Crippen LogP contribution in [0.25, 0.3) is 22.0 Å². The highest BCUT2D eigenvalue weighted by Gasteiger charge is 2.29. The lowest BCUT2D eigenvalue weighted by molar-refractivity contribution is 0.218. The van der Waals surface area contributed by atoms with Crippen molar-refractivity contribution in [2.75, 3.05) is 17.7 Å². The van der Waals surface area contributed by atoms with Gasteiger partial charge in [0.25, 0.3) is 0 Å². The molecular weight excluding hydrogens is 444 g/mol. The number of aromatic nitrogens is 3. The Morgan fingerprint density at radius 2 is 1.82 bits per heavy atom. The van der Waals surface area contributed by atoms with Crippen LogP contribution in [0.15, 0.2) is 65.8 Å².